The number of benzene rings is 1. The number of thiophene rings is 1. The van der Waals surface area contributed by atoms with Crippen molar-refractivity contribution in [3.8, 4) is 0 Å². The number of fused-ring (bicyclic) bond motifs is 1. The highest BCUT2D eigenvalue weighted by molar-refractivity contribution is 7.10. The van der Waals surface area contributed by atoms with E-state index in [1.807, 2.05) is 30.3 Å². The Morgan fingerprint density at radius 1 is 1.19 bits per heavy atom. The maximum Gasteiger partial charge on any atom is 0.248 e. The number of nitrogens with zero attached hydrogens (tertiary/aromatic N) is 4. The summed E-state index contributed by atoms with van der Waals surface area (Å²) in [5.41, 5.74) is 2.03. The monoisotopic (exact) mass is 315 g/mol. The Hall–Kier alpha value is -2.18. The van der Waals surface area contributed by atoms with Crippen LogP contribution in [-0.4, -0.2) is 20.2 Å². The molecule has 3 aromatic rings. The van der Waals surface area contributed by atoms with Gasteiger partial charge in [-0.1, -0.05) is 34.9 Å². The van der Waals surface area contributed by atoms with Crippen LogP contribution in [0.1, 0.15) is 16.5 Å². The van der Waals surface area contributed by atoms with Gasteiger partial charge in [0.25, 0.3) is 0 Å². The van der Waals surface area contributed by atoms with Gasteiger partial charge in [-0.25, -0.2) is 0 Å². The second kappa shape index (κ2) is 4.98. The van der Waals surface area contributed by atoms with Crippen molar-refractivity contribution in [2.24, 2.45) is 0 Å². The van der Waals surface area contributed by atoms with Crippen LogP contribution in [-0.2, 0) is 0 Å². The fraction of sp³-hybridized carbons (Fsp3) is 0.0714. The molecule has 3 heterocycles. The Morgan fingerprint density at radius 2 is 2.05 bits per heavy atom. The summed E-state index contributed by atoms with van der Waals surface area (Å²) < 4.78 is 1.78. The summed E-state index contributed by atoms with van der Waals surface area (Å²) in [5.74, 6) is 0.640. The molecule has 1 N–H and O–H groups in total. The summed E-state index contributed by atoms with van der Waals surface area (Å²) in [5, 5.41) is 17.9. The van der Waals surface area contributed by atoms with Crippen molar-refractivity contribution in [3.63, 3.8) is 0 Å². The van der Waals surface area contributed by atoms with E-state index >= 15 is 0 Å². The number of hydrogen-bond donors (Lipinski definition) is 1. The van der Waals surface area contributed by atoms with Crippen LogP contribution in [0.4, 0.5) is 5.95 Å². The third kappa shape index (κ3) is 2.22. The van der Waals surface area contributed by atoms with Gasteiger partial charge in [0, 0.05) is 15.6 Å². The molecule has 0 aliphatic carbocycles. The van der Waals surface area contributed by atoms with E-state index in [4.69, 9.17) is 11.6 Å². The maximum atomic E-state index is 5.95. The zero-order chi connectivity index (χ0) is 14.2. The first-order chi connectivity index (χ1) is 10.3. The number of rotatable bonds is 2. The van der Waals surface area contributed by atoms with Gasteiger partial charge in [-0.15, -0.1) is 11.3 Å². The van der Waals surface area contributed by atoms with Gasteiger partial charge in [0.1, 0.15) is 6.04 Å². The van der Waals surface area contributed by atoms with E-state index in [-0.39, 0.29) is 6.04 Å². The molecule has 1 aromatic carbocycles. The third-order valence-corrected chi connectivity index (χ3v) is 4.51. The lowest BCUT2D eigenvalue weighted by atomic mass is 10.1. The van der Waals surface area contributed by atoms with Crippen molar-refractivity contribution >= 4 is 34.6 Å². The minimum absolute atomic E-state index is 0.00179. The summed E-state index contributed by atoms with van der Waals surface area (Å²) in [7, 11) is 0. The topological polar surface area (TPSA) is 55.6 Å². The molecule has 1 atom stereocenters. The number of anilines is 1. The van der Waals surface area contributed by atoms with Crippen LogP contribution in [0.15, 0.2) is 47.9 Å². The van der Waals surface area contributed by atoms with E-state index in [9.17, 15) is 0 Å². The predicted molar refractivity (Wildman–Crippen MR) is 83.3 cm³/mol. The SMILES string of the molecule is Clc1ccc(C2=C[C@@H](c3cccs3)n3nnnc3N2)cc1. The molecule has 2 aromatic heterocycles. The van der Waals surface area contributed by atoms with Crippen LogP contribution in [0.2, 0.25) is 5.02 Å². The van der Waals surface area contributed by atoms with Gasteiger partial charge in [0.05, 0.1) is 0 Å². The number of allylic oxidation sites excluding steroid dienone is 1. The van der Waals surface area contributed by atoms with E-state index in [1.165, 1.54) is 4.88 Å². The van der Waals surface area contributed by atoms with Crippen molar-refractivity contribution < 1.29 is 0 Å². The first kappa shape index (κ1) is 12.6. The van der Waals surface area contributed by atoms with Gasteiger partial charge < -0.3 is 5.32 Å². The molecule has 104 valence electrons. The van der Waals surface area contributed by atoms with E-state index in [0.717, 1.165) is 16.3 Å². The molecule has 0 spiro atoms. The fourth-order valence-corrected chi connectivity index (χ4v) is 3.22. The van der Waals surface area contributed by atoms with E-state index < -0.39 is 0 Å². The quantitative estimate of drug-likeness (QED) is 0.787. The summed E-state index contributed by atoms with van der Waals surface area (Å²) in [6, 6.07) is 11.8. The Labute approximate surface area is 129 Å². The molecule has 4 rings (SSSR count). The Balaban J connectivity index is 1.80. The molecular weight excluding hydrogens is 306 g/mol. The fourth-order valence-electron chi connectivity index (χ4n) is 2.31. The highest BCUT2D eigenvalue weighted by atomic mass is 35.5. The molecule has 21 heavy (non-hydrogen) atoms. The minimum Gasteiger partial charge on any atom is -0.323 e. The number of aromatic nitrogens is 4. The molecule has 0 fully saturated rings. The molecule has 1 aliphatic heterocycles. The van der Waals surface area contributed by atoms with Gasteiger partial charge in [0.15, 0.2) is 0 Å². The lowest BCUT2D eigenvalue weighted by Gasteiger charge is -2.22. The van der Waals surface area contributed by atoms with Crippen molar-refractivity contribution in [2.75, 3.05) is 5.32 Å². The smallest absolute Gasteiger partial charge is 0.248 e. The van der Waals surface area contributed by atoms with Crippen LogP contribution in [0.5, 0.6) is 0 Å². The predicted octanol–water partition coefficient (Wildman–Crippen LogP) is 3.44. The molecule has 0 saturated heterocycles. The first-order valence-electron chi connectivity index (χ1n) is 6.37. The number of tetrazole rings is 1. The highest BCUT2D eigenvalue weighted by Gasteiger charge is 2.24. The zero-order valence-electron chi connectivity index (χ0n) is 10.8. The van der Waals surface area contributed by atoms with Crippen LogP contribution in [0.3, 0.4) is 0 Å². The molecular formula is C14H10ClN5S. The lowest BCUT2D eigenvalue weighted by Crippen LogP contribution is -2.19. The van der Waals surface area contributed by atoms with Crippen LogP contribution >= 0.6 is 22.9 Å². The third-order valence-electron chi connectivity index (χ3n) is 3.32. The van der Waals surface area contributed by atoms with Crippen LogP contribution in [0, 0.1) is 0 Å². The molecule has 1 aliphatic rings. The lowest BCUT2D eigenvalue weighted by molar-refractivity contribution is 0.593. The first-order valence-corrected chi connectivity index (χ1v) is 7.63. The van der Waals surface area contributed by atoms with Gasteiger partial charge in [-0.2, -0.15) is 4.68 Å². The van der Waals surface area contributed by atoms with Crippen molar-refractivity contribution in [2.45, 2.75) is 6.04 Å². The van der Waals surface area contributed by atoms with Gasteiger partial charge >= 0.3 is 0 Å². The normalized spacial score (nSPS) is 17.0. The summed E-state index contributed by atoms with van der Waals surface area (Å²) >= 11 is 7.64. The zero-order valence-corrected chi connectivity index (χ0v) is 12.3. The number of hydrogen-bond acceptors (Lipinski definition) is 5. The molecule has 7 heteroatoms. The summed E-state index contributed by atoms with van der Waals surface area (Å²) in [6.07, 6.45) is 2.12. The second-order valence-electron chi connectivity index (χ2n) is 4.62. The standard InChI is InChI=1S/C14H10ClN5S/c15-10-5-3-9(4-6-10)11-8-12(13-2-1-7-21-13)20-14(16-11)17-18-19-20/h1-8,12H,(H,16,17,19)/t12-/m0/s1. The Morgan fingerprint density at radius 3 is 2.81 bits per heavy atom. The molecule has 5 nitrogen and oxygen atoms in total. The largest absolute Gasteiger partial charge is 0.323 e. The molecule has 0 radical (unpaired) electrons. The van der Waals surface area contributed by atoms with Crippen LogP contribution < -0.4 is 5.32 Å². The van der Waals surface area contributed by atoms with E-state index in [0.29, 0.717) is 5.95 Å². The highest BCUT2D eigenvalue weighted by Crippen LogP contribution is 2.33. The average Bonchev–Trinajstić information content (AvgIpc) is 3.18. The van der Waals surface area contributed by atoms with E-state index in [2.05, 4.69) is 38.4 Å². The van der Waals surface area contributed by atoms with Gasteiger partial charge in [0.2, 0.25) is 5.95 Å². The molecule has 0 bridgehead atoms. The molecule has 0 unspecified atom stereocenters. The molecule has 0 amide bonds. The van der Waals surface area contributed by atoms with Crippen LogP contribution in [0.25, 0.3) is 5.70 Å². The second-order valence-corrected chi connectivity index (χ2v) is 6.04. The summed E-state index contributed by atoms with van der Waals surface area (Å²) in [6.45, 7) is 0. The Bertz CT molecular complexity index is 791. The average molecular weight is 316 g/mol. The Kier molecular flexibility index (Phi) is 2.98. The van der Waals surface area contributed by atoms with Crippen molar-refractivity contribution in [3.05, 3.63) is 63.3 Å². The maximum absolute atomic E-state index is 5.95. The number of nitrogens with one attached hydrogen (secondary N) is 1. The summed E-state index contributed by atoms with van der Waals surface area (Å²) in [4.78, 5) is 1.19. The van der Waals surface area contributed by atoms with Gasteiger partial charge in [-0.3, -0.25) is 0 Å². The minimum atomic E-state index is 0.00179. The van der Waals surface area contributed by atoms with Gasteiger partial charge in [-0.05, 0) is 45.6 Å². The molecule has 0 saturated carbocycles. The number of halogens is 1. The van der Waals surface area contributed by atoms with E-state index in [1.54, 1.807) is 16.0 Å². The van der Waals surface area contributed by atoms with Crippen molar-refractivity contribution in [1.82, 2.24) is 20.2 Å². The van der Waals surface area contributed by atoms with Crippen molar-refractivity contribution in [1.29, 1.82) is 0 Å².